The maximum absolute atomic E-state index is 12.2. The van der Waals surface area contributed by atoms with E-state index in [9.17, 15) is 13.2 Å². The van der Waals surface area contributed by atoms with Crippen LogP contribution in [0.1, 0.15) is 38.1 Å². The third-order valence-corrected chi connectivity index (χ3v) is 4.30. The molecule has 3 rings (SSSR count). The molecule has 0 spiro atoms. The lowest BCUT2D eigenvalue weighted by molar-refractivity contribution is -0.133. The molecule has 1 fully saturated rings. The van der Waals surface area contributed by atoms with Crippen molar-refractivity contribution in [2.24, 2.45) is 0 Å². The van der Waals surface area contributed by atoms with Crippen molar-refractivity contribution in [3.05, 3.63) is 31.0 Å². The van der Waals surface area contributed by atoms with Crippen molar-refractivity contribution in [3.8, 4) is 5.82 Å². The van der Waals surface area contributed by atoms with E-state index in [1.807, 2.05) is 21.5 Å². The zero-order chi connectivity index (χ0) is 16.3. The van der Waals surface area contributed by atoms with E-state index in [1.54, 1.807) is 18.7 Å². The smallest absolute Gasteiger partial charge is 0.314 e. The molecule has 0 bridgehead atoms. The van der Waals surface area contributed by atoms with Crippen LogP contribution in [0.5, 0.6) is 0 Å². The van der Waals surface area contributed by atoms with Gasteiger partial charge in [0.2, 0.25) is 0 Å². The monoisotopic (exact) mass is 327 g/mol. The van der Waals surface area contributed by atoms with Crippen LogP contribution in [-0.4, -0.2) is 38.1 Å². The minimum absolute atomic E-state index is 0.000883. The Labute approximate surface area is 132 Å². The summed E-state index contributed by atoms with van der Waals surface area (Å²) in [5.41, 5.74) is 0. The summed E-state index contributed by atoms with van der Waals surface area (Å²) >= 11 is 0. The molecule has 2 aromatic heterocycles. The number of hydrogen-bond acceptors (Lipinski definition) is 3. The average Bonchev–Trinajstić information content (AvgIpc) is 3.17. The van der Waals surface area contributed by atoms with E-state index in [0.717, 1.165) is 31.5 Å². The Bertz CT molecular complexity index is 597. The van der Waals surface area contributed by atoms with E-state index in [4.69, 9.17) is 0 Å². The Hall–Kier alpha value is -1.83. The molecule has 0 aromatic carbocycles. The van der Waals surface area contributed by atoms with Crippen molar-refractivity contribution in [2.45, 2.75) is 50.4 Å². The van der Waals surface area contributed by atoms with Crippen LogP contribution in [0.25, 0.3) is 5.82 Å². The molecule has 0 saturated heterocycles. The molecule has 2 heterocycles. The summed E-state index contributed by atoms with van der Waals surface area (Å²) in [4.78, 5) is 4.05. The highest BCUT2D eigenvalue weighted by Gasteiger charge is 2.28. The van der Waals surface area contributed by atoms with E-state index < -0.39 is 12.6 Å². The van der Waals surface area contributed by atoms with Crippen LogP contribution < -0.4 is 5.32 Å². The molecule has 0 atom stereocenters. The number of hydrogen-bond donors (Lipinski definition) is 1. The molecular weight excluding hydrogens is 307 g/mol. The van der Waals surface area contributed by atoms with Gasteiger partial charge in [-0.3, -0.25) is 4.57 Å². The zero-order valence-electron chi connectivity index (χ0n) is 12.7. The maximum atomic E-state index is 12.2. The lowest BCUT2D eigenvalue weighted by Gasteiger charge is -2.30. The summed E-state index contributed by atoms with van der Waals surface area (Å²) in [7, 11) is 0. The number of rotatable bonds is 5. The molecular formula is C15H20F3N5. The topological polar surface area (TPSA) is 47.7 Å². The molecule has 1 aliphatic carbocycles. The fourth-order valence-corrected chi connectivity index (χ4v) is 3.13. The van der Waals surface area contributed by atoms with Crippen LogP contribution in [-0.2, 0) is 0 Å². The Balaban J connectivity index is 1.53. The number of imidazole rings is 1. The summed E-state index contributed by atoms with van der Waals surface area (Å²) in [6.07, 6.45) is 5.80. The van der Waals surface area contributed by atoms with Crippen LogP contribution in [0.3, 0.4) is 0 Å². The number of alkyl halides is 3. The number of nitrogens with zero attached hydrogens (tertiary/aromatic N) is 4. The van der Waals surface area contributed by atoms with Crippen LogP contribution >= 0.6 is 0 Å². The van der Waals surface area contributed by atoms with Gasteiger partial charge in [-0.1, -0.05) is 0 Å². The van der Waals surface area contributed by atoms with Gasteiger partial charge in [-0.15, -0.1) is 0 Å². The third kappa shape index (κ3) is 4.13. The van der Waals surface area contributed by atoms with Gasteiger partial charge in [0.05, 0.1) is 18.7 Å². The largest absolute Gasteiger partial charge is 0.390 e. The Morgan fingerprint density at radius 2 is 1.96 bits per heavy atom. The van der Waals surface area contributed by atoms with Crippen molar-refractivity contribution in [1.82, 2.24) is 24.6 Å². The van der Waals surface area contributed by atoms with Crippen LogP contribution in [0.15, 0.2) is 31.0 Å². The minimum atomic E-state index is -4.08. The van der Waals surface area contributed by atoms with Gasteiger partial charge in [-0.25, -0.2) is 9.67 Å². The highest BCUT2D eigenvalue weighted by atomic mass is 19.4. The highest BCUT2D eigenvalue weighted by Crippen LogP contribution is 2.30. The van der Waals surface area contributed by atoms with Gasteiger partial charge in [-0.05, 0) is 25.7 Å². The minimum Gasteiger partial charge on any atom is -0.314 e. The number of nitrogens with one attached hydrogen (secondary N) is 1. The molecule has 126 valence electrons. The first-order valence-electron chi connectivity index (χ1n) is 7.85. The second-order valence-corrected chi connectivity index (χ2v) is 5.93. The normalized spacial score (nSPS) is 22.4. The summed E-state index contributed by atoms with van der Waals surface area (Å²) in [5.74, 6) is 0.969. The molecule has 1 aliphatic rings. The standard InChI is InChI=1S/C15H20F3N5/c16-15(17,18)6-8-20-12-1-3-13(4-2-12)23-14(5-7-21-23)22-10-9-19-11-22/h5,7,9-13,20H,1-4,6,8H2/t12-,13+. The first-order valence-corrected chi connectivity index (χ1v) is 7.85. The molecule has 8 heteroatoms. The molecule has 23 heavy (non-hydrogen) atoms. The van der Waals surface area contributed by atoms with Gasteiger partial charge in [-0.2, -0.15) is 18.3 Å². The van der Waals surface area contributed by atoms with E-state index in [2.05, 4.69) is 15.4 Å². The molecule has 1 saturated carbocycles. The zero-order valence-corrected chi connectivity index (χ0v) is 12.7. The van der Waals surface area contributed by atoms with Crippen molar-refractivity contribution in [2.75, 3.05) is 6.54 Å². The molecule has 0 amide bonds. The lowest BCUT2D eigenvalue weighted by Crippen LogP contribution is -2.36. The van der Waals surface area contributed by atoms with Crippen molar-refractivity contribution >= 4 is 0 Å². The second-order valence-electron chi connectivity index (χ2n) is 5.93. The van der Waals surface area contributed by atoms with Gasteiger partial charge in [0, 0.05) is 31.0 Å². The summed E-state index contributed by atoms with van der Waals surface area (Å²) in [6, 6.07) is 2.39. The second kappa shape index (κ2) is 6.74. The fraction of sp³-hybridized carbons (Fsp3) is 0.600. The quantitative estimate of drug-likeness (QED) is 0.918. The first kappa shape index (κ1) is 16.0. The summed E-state index contributed by atoms with van der Waals surface area (Å²) in [6.45, 7) is 0.000883. The fourth-order valence-electron chi connectivity index (χ4n) is 3.13. The summed E-state index contributed by atoms with van der Waals surface area (Å²) in [5, 5.41) is 7.44. The van der Waals surface area contributed by atoms with E-state index >= 15 is 0 Å². The average molecular weight is 327 g/mol. The van der Waals surface area contributed by atoms with Crippen molar-refractivity contribution < 1.29 is 13.2 Å². The SMILES string of the molecule is FC(F)(F)CCN[C@H]1CC[C@@H](n2nccc2-n2ccnc2)CC1. The van der Waals surface area contributed by atoms with Crippen LogP contribution in [0.2, 0.25) is 0 Å². The third-order valence-electron chi connectivity index (χ3n) is 4.30. The molecule has 1 N–H and O–H groups in total. The van der Waals surface area contributed by atoms with Gasteiger partial charge >= 0.3 is 6.18 Å². The van der Waals surface area contributed by atoms with Crippen LogP contribution in [0, 0.1) is 0 Å². The van der Waals surface area contributed by atoms with E-state index in [0.29, 0.717) is 0 Å². The van der Waals surface area contributed by atoms with Crippen molar-refractivity contribution in [3.63, 3.8) is 0 Å². The number of halogens is 3. The van der Waals surface area contributed by atoms with Gasteiger partial charge in [0.25, 0.3) is 0 Å². The van der Waals surface area contributed by atoms with E-state index in [-0.39, 0.29) is 18.6 Å². The van der Waals surface area contributed by atoms with Crippen molar-refractivity contribution in [1.29, 1.82) is 0 Å². The predicted molar refractivity (Wildman–Crippen MR) is 79.3 cm³/mol. The maximum Gasteiger partial charge on any atom is 0.390 e. The molecule has 2 aromatic rings. The molecule has 0 radical (unpaired) electrons. The number of aromatic nitrogens is 4. The van der Waals surface area contributed by atoms with Gasteiger partial charge in [0.15, 0.2) is 0 Å². The molecule has 0 unspecified atom stereocenters. The van der Waals surface area contributed by atoms with E-state index in [1.165, 1.54) is 0 Å². The Morgan fingerprint density at radius 1 is 1.17 bits per heavy atom. The van der Waals surface area contributed by atoms with Crippen LogP contribution in [0.4, 0.5) is 13.2 Å². The molecule has 5 nitrogen and oxygen atoms in total. The molecule has 0 aliphatic heterocycles. The Kier molecular flexibility index (Phi) is 4.70. The summed E-state index contributed by atoms with van der Waals surface area (Å²) < 4.78 is 40.4. The lowest BCUT2D eigenvalue weighted by atomic mass is 9.91. The van der Waals surface area contributed by atoms with Gasteiger partial charge < -0.3 is 5.32 Å². The highest BCUT2D eigenvalue weighted by molar-refractivity contribution is 5.21. The predicted octanol–water partition coefficient (Wildman–Crippen LogP) is 3.09. The first-order chi connectivity index (χ1) is 11.0. The Morgan fingerprint density at radius 3 is 2.61 bits per heavy atom. The van der Waals surface area contributed by atoms with Gasteiger partial charge in [0.1, 0.15) is 12.1 Å².